The molecule has 2 aliphatic rings. The van der Waals surface area contributed by atoms with Gasteiger partial charge in [0, 0.05) is 13.1 Å². The summed E-state index contributed by atoms with van der Waals surface area (Å²) < 4.78 is 13.9. The monoisotopic (exact) mass is 353 g/mol. The highest BCUT2D eigenvalue weighted by Crippen LogP contribution is 2.44. The average Bonchev–Trinajstić information content (AvgIpc) is 2.51. The number of piperidine rings is 1. The van der Waals surface area contributed by atoms with Gasteiger partial charge in [0.2, 0.25) is 0 Å². The number of hydrogen-bond donors (Lipinski definition) is 0. The first kappa shape index (κ1) is 15.0. The third-order valence-electron chi connectivity index (χ3n) is 5.21. The van der Waals surface area contributed by atoms with E-state index in [2.05, 4.69) is 15.9 Å². The molecule has 1 saturated carbocycles. The number of nitrogens with zero attached hydrogens (tertiary/aromatic N) is 1. The Morgan fingerprint density at radius 3 is 2.43 bits per heavy atom. The SMILES string of the molecule is O=C(c1cccc(F)c1Br)N1CCC2(CCCCC2)CC1. The quantitative estimate of drug-likeness (QED) is 0.711. The molecule has 1 aromatic rings. The smallest absolute Gasteiger partial charge is 0.255 e. The minimum atomic E-state index is -0.374. The zero-order valence-corrected chi connectivity index (χ0v) is 13.8. The predicted molar refractivity (Wildman–Crippen MR) is 84.8 cm³/mol. The summed E-state index contributed by atoms with van der Waals surface area (Å²) in [5, 5.41) is 0. The predicted octanol–water partition coefficient (Wildman–Crippen LogP) is 4.77. The van der Waals surface area contributed by atoms with E-state index in [1.165, 1.54) is 38.2 Å². The molecule has 3 rings (SSSR count). The van der Waals surface area contributed by atoms with Gasteiger partial charge in [-0.05, 0) is 59.2 Å². The number of halogens is 2. The van der Waals surface area contributed by atoms with Gasteiger partial charge in [-0.3, -0.25) is 4.79 Å². The standard InChI is InChI=1S/C17H21BrFNO/c18-15-13(5-4-6-14(15)19)16(21)20-11-9-17(10-12-20)7-2-1-3-8-17/h4-6H,1-3,7-12H2. The fraction of sp³-hybridized carbons (Fsp3) is 0.588. The normalized spacial score (nSPS) is 21.5. The zero-order valence-electron chi connectivity index (χ0n) is 12.2. The lowest BCUT2D eigenvalue weighted by Gasteiger charge is -2.44. The molecule has 1 heterocycles. The molecule has 1 aromatic carbocycles. The van der Waals surface area contributed by atoms with Gasteiger partial charge in [-0.1, -0.05) is 25.3 Å². The van der Waals surface area contributed by atoms with Crippen molar-refractivity contribution in [3.05, 3.63) is 34.1 Å². The first-order valence-corrected chi connectivity index (χ1v) is 8.64. The summed E-state index contributed by atoms with van der Waals surface area (Å²) in [4.78, 5) is 14.5. The molecule has 2 fully saturated rings. The molecular weight excluding hydrogens is 333 g/mol. The maximum absolute atomic E-state index is 13.6. The molecule has 1 spiro atoms. The molecule has 1 amide bonds. The zero-order chi connectivity index (χ0) is 14.9. The maximum atomic E-state index is 13.6. The van der Waals surface area contributed by atoms with E-state index in [1.807, 2.05) is 4.90 Å². The van der Waals surface area contributed by atoms with Crippen LogP contribution in [0, 0.1) is 11.2 Å². The Labute approximate surface area is 133 Å². The van der Waals surface area contributed by atoms with Crippen LogP contribution < -0.4 is 0 Å². The van der Waals surface area contributed by atoms with Crippen LogP contribution in [0.1, 0.15) is 55.3 Å². The lowest BCUT2D eigenvalue weighted by atomic mass is 9.68. The van der Waals surface area contributed by atoms with E-state index in [-0.39, 0.29) is 16.2 Å². The van der Waals surface area contributed by atoms with Crippen molar-refractivity contribution in [1.82, 2.24) is 4.90 Å². The molecule has 1 saturated heterocycles. The second-order valence-corrected chi connectivity index (χ2v) is 7.25. The van der Waals surface area contributed by atoms with Gasteiger partial charge in [0.05, 0.1) is 10.0 Å². The molecule has 0 N–H and O–H groups in total. The van der Waals surface area contributed by atoms with Crippen molar-refractivity contribution in [1.29, 1.82) is 0 Å². The Bertz CT molecular complexity index is 530. The lowest BCUT2D eigenvalue weighted by Crippen LogP contribution is -2.44. The maximum Gasteiger partial charge on any atom is 0.255 e. The number of likely N-dealkylation sites (tertiary alicyclic amines) is 1. The van der Waals surface area contributed by atoms with Crippen LogP contribution >= 0.6 is 15.9 Å². The van der Waals surface area contributed by atoms with Crippen LogP contribution in [0.25, 0.3) is 0 Å². The number of rotatable bonds is 1. The summed E-state index contributed by atoms with van der Waals surface area (Å²) in [6.07, 6.45) is 8.88. The molecule has 0 bridgehead atoms. The van der Waals surface area contributed by atoms with E-state index in [0.29, 0.717) is 11.0 Å². The van der Waals surface area contributed by atoms with Crippen LogP contribution in [0.3, 0.4) is 0 Å². The summed E-state index contributed by atoms with van der Waals surface area (Å²) in [6, 6.07) is 4.66. The molecule has 1 aliphatic carbocycles. The molecule has 0 unspecified atom stereocenters. The van der Waals surface area contributed by atoms with Gasteiger partial charge in [0.25, 0.3) is 5.91 Å². The first-order valence-electron chi connectivity index (χ1n) is 7.85. The summed E-state index contributed by atoms with van der Waals surface area (Å²) >= 11 is 3.20. The summed E-state index contributed by atoms with van der Waals surface area (Å²) in [6.45, 7) is 1.61. The number of carbonyl (C=O) groups excluding carboxylic acids is 1. The van der Waals surface area contributed by atoms with Crippen molar-refractivity contribution in [2.75, 3.05) is 13.1 Å². The first-order chi connectivity index (χ1) is 10.1. The van der Waals surface area contributed by atoms with Crippen LogP contribution in [-0.4, -0.2) is 23.9 Å². The van der Waals surface area contributed by atoms with Gasteiger partial charge < -0.3 is 4.90 Å². The Hall–Kier alpha value is -0.900. The van der Waals surface area contributed by atoms with E-state index >= 15 is 0 Å². The van der Waals surface area contributed by atoms with Crippen LogP contribution in [0.15, 0.2) is 22.7 Å². The van der Waals surface area contributed by atoms with Crippen molar-refractivity contribution in [3.8, 4) is 0 Å². The highest BCUT2D eigenvalue weighted by atomic mass is 79.9. The van der Waals surface area contributed by atoms with Gasteiger partial charge >= 0.3 is 0 Å². The van der Waals surface area contributed by atoms with Crippen molar-refractivity contribution in [3.63, 3.8) is 0 Å². The molecule has 0 radical (unpaired) electrons. The van der Waals surface area contributed by atoms with Crippen LogP contribution in [0.4, 0.5) is 4.39 Å². The Kier molecular flexibility index (Phi) is 4.34. The molecule has 2 nitrogen and oxygen atoms in total. The van der Waals surface area contributed by atoms with Gasteiger partial charge in [-0.15, -0.1) is 0 Å². The van der Waals surface area contributed by atoms with Gasteiger partial charge in [-0.25, -0.2) is 4.39 Å². The summed E-state index contributed by atoms with van der Waals surface area (Å²) in [7, 11) is 0. The van der Waals surface area contributed by atoms with Gasteiger partial charge in [0.15, 0.2) is 0 Å². The number of carbonyl (C=O) groups is 1. The van der Waals surface area contributed by atoms with Crippen molar-refractivity contribution < 1.29 is 9.18 Å². The summed E-state index contributed by atoms with van der Waals surface area (Å²) in [5.74, 6) is -0.423. The van der Waals surface area contributed by atoms with Crippen LogP contribution in [0.5, 0.6) is 0 Å². The second-order valence-electron chi connectivity index (χ2n) is 6.45. The Morgan fingerprint density at radius 1 is 1.10 bits per heavy atom. The van der Waals surface area contributed by atoms with Gasteiger partial charge in [0.1, 0.15) is 5.82 Å². The highest BCUT2D eigenvalue weighted by molar-refractivity contribution is 9.10. The van der Waals surface area contributed by atoms with E-state index in [4.69, 9.17) is 0 Å². The second kappa shape index (κ2) is 6.07. The largest absolute Gasteiger partial charge is 0.339 e. The molecule has 0 atom stereocenters. The van der Waals surface area contributed by atoms with Crippen molar-refractivity contribution in [2.24, 2.45) is 5.41 Å². The van der Waals surface area contributed by atoms with E-state index in [0.717, 1.165) is 25.9 Å². The topological polar surface area (TPSA) is 20.3 Å². The average molecular weight is 354 g/mol. The third kappa shape index (κ3) is 3.01. The van der Waals surface area contributed by atoms with E-state index in [1.54, 1.807) is 12.1 Å². The Balaban J connectivity index is 1.69. The number of benzene rings is 1. The van der Waals surface area contributed by atoms with Crippen LogP contribution in [0.2, 0.25) is 0 Å². The molecule has 0 aromatic heterocycles. The van der Waals surface area contributed by atoms with Crippen molar-refractivity contribution >= 4 is 21.8 Å². The molecule has 4 heteroatoms. The summed E-state index contributed by atoms with van der Waals surface area (Å²) in [5.41, 5.74) is 0.920. The molecule has 114 valence electrons. The number of amides is 1. The van der Waals surface area contributed by atoms with Crippen molar-refractivity contribution in [2.45, 2.75) is 44.9 Å². The van der Waals surface area contributed by atoms with Gasteiger partial charge in [-0.2, -0.15) is 0 Å². The van der Waals surface area contributed by atoms with E-state index < -0.39 is 0 Å². The fourth-order valence-electron chi connectivity index (χ4n) is 3.83. The van der Waals surface area contributed by atoms with Crippen LogP contribution in [-0.2, 0) is 0 Å². The molecular formula is C17H21BrFNO. The molecule has 21 heavy (non-hydrogen) atoms. The Morgan fingerprint density at radius 2 is 1.76 bits per heavy atom. The number of hydrogen-bond acceptors (Lipinski definition) is 1. The van der Waals surface area contributed by atoms with E-state index in [9.17, 15) is 9.18 Å². The molecule has 1 aliphatic heterocycles. The minimum Gasteiger partial charge on any atom is -0.339 e. The minimum absolute atomic E-state index is 0.0490. The fourth-order valence-corrected chi connectivity index (χ4v) is 4.26. The lowest BCUT2D eigenvalue weighted by molar-refractivity contribution is 0.0471. The third-order valence-corrected chi connectivity index (χ3v) is 6.01. The highest BCUT2D eigenvalue weighted by Gasteiger charge is 2.37.